The fraction of sp³-hybridized carbons (Fsp3) is 0.545. The summed E-state index contributed by atoms with van der Waals surface area (Å²) in [7, 11) is 0. The fourth-order valence-corrected chi connectivity index (χ4v) is 3.01. The van der Waals surface area contributed by atoms with Gasteiger partial charge >= 0.3 is 0 Å². The smallest absolute Gasteiger partial charge is 0.291 e. The maximum absolute atomic E-state index is 12.2. The molecule has 1 amide bonds. The van der Waals surface area contributed by atoms with Gasteiger partial charge in [0, 0.05) is 19.1 Å². The Hall–Kier alpha value is -0.810. The van der Waals surface area contributed by atoms with Crippen molar-refractivity contribution in [3.8, 4) is 0 Å². The summed E-state index contributed by atoms with van der Waals surface area (Å²) in [5.74, 6) is 1.04. The summed E-state index contributed by atoms with van der Waals surface area (Å²) in [6, 6.07) is 2.09. The van der Waals surface area contributed by atoms with E-state index in [1.807, 2.05) is 4.90 Å². The van der Waals surface area contributed by atoms with Crippen molar-refractivity contribution in [2.75, 3.05) is 19.6 Å². The molecule has 2 bridgehead atoms. The molecule has 2 saturated heterocycles. The summed E-state index contributed by atoms with van der Waals surface area (Å²) in [6.45, 7) is 2.78. The highest BCUT2D eigenvalue weighted by molar-refractivity contribution is 9.10. The average molecular weight is 285 g/mol. The van der Waals surface area contributed by atoms with Crippen LogP contribution in [0.5, 0.6) is 0 Å². The van der Waals surface area contributed by atoms with Crippen LogP contribution in [0, 0.1) is 5.92 Å². The molecule has 0 spiro atoms. The highest BCUT2D eigenvalue weighted by atomic mass is 79.9. The molecule has 1 aromatic heterocycles. The van der Waals surface area contributed by atoms with Crippen molar-refractivity contribution in [1.29, 1.82) is 0 Å². The monoisotopic (exact) mass is 284 g/mol. The number of furan rings is 1. The van der Waals surface area contributed by atoms with Crippen LogP contribution in [-0.2, 0) is 0 Å². The number of halogens is 1. The van der Waals surface area contributed by atoms with Gasteiger partial charge in [0.25, 0.3) is 5.91 Å². The summed E-state index contributed by atoms with van der Waals surface area (Å²) in [5.41, 5.74) is 0. The molecule has 1 aromatic rings. The molecule has 2 aliphatic heterocycles. The number of carbonyl (C=O) groups is 1. The molecule has 3 heterocycles. The van der Waals surface area contributed by atoms with Gasteiger partial charge in [-0.25, -0.2) is 0 Å². The van der Waals surface area contributed by atoms with E-state index in [2.05, 4.69) is 21.2 Å². The summed E-state index contributed by atoms with van der Waals surface area (Å²) < 4.78 is 5.97. The van der Waals surface area contributed by atoms with Crippen molar-refractivity contribution in [3.05, 3.63) is 22.6 Å². The van der Waals surface area contributed by atoms with Crippen LogP contribution < -0.4 is 5.32 Å². The van der Waals surface area contributed by atoms with Crippen molar-refractivity contribution in [3.63, 3.8) is 0 Å². The normalized spacial score (nSPS) is 28.4. The Morgan fingerprint density at radius 2 is 2.44 bits per heavy atom. The van der Waals surface area contributed by atoms with Crippen molar-refractivity contribution < 1.29 is 9.21 Å². The Morgan fingerprint density at radius 1 is 1.56 bits per heavy atom. The van der Waals surface area contributed by atoms with E-state index in [1.54, 1.807) is 6.07 Å². The number of amides is 1. The molecule has 4 nitrogen and oxygen atoms in total. The number of nitrogens with one attached hydrogen (secondary N) is 1. The molecule has 86 valence electrons. The number of hydrogen-bond acceptors (Lipinski definition) is 3. The van der Waals surface area contributed by atoms with Gasteiger partial charge < -0.3 is 14.6 Å². The molecule has 2 aliphatic rings. The minimum absolute atomic E-state index is 0.00748. The van der Waals surface area contributed by atoms with Crippen LogP contribution in [0.25, 0.3) is 0 Å². The minimum Gasteiger partial charge on any atom is -0.458 e. The maximum atomic E-state index is 12.2. The molecule has 5 heteroatoms. The topological polar surface area (TPSA) is 45.5 Å². The lowest BCUT2D eigenvalue weighted by atomic mass is 10.0. The molecule has 0 aromatic carbocycles. The van der Waals surface area contributed by atoms with Crippen LogP contribution in [0.2, 0.25) is 0 Å². The first-order valence-corrected chi connectivity index (χ1v) is 6.29. The predicted octanol–water partition coefficient (Wildman–Crippen LogP) is 1.48. The van der Waals surface area contributed by atoms with Crippen LogP contribution in [-0.4, -0.2) is 36.5 Å². The number of piperidine rings is 1. The fourth-order valence-electron chi connectivity index (χ4n) is 2.63. The Bertz CT molecular complexity index is 418. The summed E-state index contributed by atoms with van der Waals surface area (Å²) in [6.07, 6.45) is 2.66. The third-order valence-electron chi connectivity index (χ3n) is 3.39. The van der Waals surface area contributed by atoms with Crippen LogP contribution in [0.15, 0.2) is 21.2 Å². The number of rotatable bonds is 1. The lowest BCUT2D eigenvalue weighted by Gasteiger charge is -2.24. The average Bonchev–Trinajstić information content (AvgIpc) is 2.82. The molecular weight excluding hydrogens is 272 g/mol. The first-order valence-electron chi connectivity index (χ1n) is 5.50. The third kappa shape index (κ3) is 1.58. The second-order valence-electron chi connectivity index (χ2n) is 4.47. The first-order chi connectivity index (χ1) is 7.75. The number of nitrogens with zero attached hydrogens (tertiary/aromatic N) is 1. The Balaban J connectivity index is 1.83. The SMILES string of the molecule is O=C(c1occc1Br)N1CC2CNCC1C2. The van der Waals surface area contributed by atoms with E-state index in [0.29, 0.717) is 17.7 Å². The number of carbonyl (C=O) groups excluding carboxylic acids is 1. The molecule has 0 aliphatic carbocycles. The van der Waals surface area contributed by atoms with Crippen LogP contribution in [0.1, 0.15) is 17.0 Å². The highest BCUT2D eigenvalue weighted by Crippen LogP contribution is 2.29. The van der Waals surface area contributed by atoms with Crippen molar-refractivity contribution in [2.45, 2.75) is 12.5 Å². The molecule has 0 saturated carbocycles. The summed E-state index contributed by atoms with van der Waals surface area (Å²) >= 11 is 3.33. The largest absolute Gasteiger partial charge is 0.458 e. The Kier molecular flexibility index (Phi) is 2.52. The van der Waals surface area contributed by atoms with Gasteiger partial charge in [-0.15, -0.1) is 0 Å². The van der Waals surface area contributed by atoms with E-state index in [9.17, 15) is 4.79 Å². The highest BCUT2D eigenvalue weighted by Gasteiger charge is 2.39. The Labute approximate surface area is 102 Å². The second kappa shape index (κ2) is 3.89. The van der Waals surface area contributed by atoms with Gasteiger partial charge in [-0.3, -0.25) is 4.79 Å². The van der Waals surface area contributed by atoms with Gasteiger partial charge in [0.2, 0.25) is 5.76 Å². The van der Waals surface area contributed by atoms with E-state index < -0.39 is 0 Å². The lowest BCUT2D eigenvalue weighted by molar-refractivity contribution is 0.0706. The van der Waals surface area contributed by atoms with Crippen LogP contribution in [0.4, 0.5) is 0 Å². The van der Waals surface area contributed by atoms with Crippen molar-refractivity contribution in [1.82, 2.24) is 10.2 Å². The molecule has 2 atom stereocenters. The number of hydrogen-bond donors (Lipinski definition) is 1. The van der Waals surface area contributed by atoms with E-state index in [1.165, 1.54) is 6.26 Å². The molecule has 0 radical (unpaired) electrons. The molecule has 2 fully saturated rings. The Morgan fingerprint density at radius 3 is 3.12 bits per heavy atom. The van der Waals surface area contributed by atoms with E-state index in [4.69, 9.17) is 4.42 Å². The van der Waals surface area contributed by atoms with Crippen molar-refractivity contribution >= 4 is 21.8 Å². The standard InChI is InChI=1S/C11H13BrN2O2/c12-9-1-2-16-10(9)11(15)14-6-7-3-8(14)5-13-4-7/h1-2,7-8,13H,3-6H2. The van der Waals surface area contributed by atoms with Gasteiger partial charge in [-0.05, 0) is 40.9 Å². The van der Waals surface area contributed by atoms with E-state index in [-0.39, 0.29) is 5.91 Å². The van der Waals surface area contributed by atoms with Gasteiger partial charge in [0.15, 0.2) is 0 Å². The predicted molar refractivity (Wildman–Crippen MR) is 62.2 cm³/mol. The zero-order chi connectivity index (χ0) is 11.1. The maximum Gasteiger partial charge on any atom is 0.291 e. The lowest BCUT2D eigenvalue weighted by Crippen LogP contribution is -2.41. The van der Waals surface area contributed by atoms with Crippen LogP contribution in [0.3, 0.4) is 0 Å². The van der Waals surface area contributed by atoms with Crippen molar-refractivity contribution in [2.24, 2.45) is 5.92 Å². The zero-order valence-electron chi connectivity index (χ0n) is 8.78. The first kappa shape index (κ1) is 10.4. The number of fused-ring (bicyclic) bond motifs is 2. The molecule has 1 N–H and O–H groups in total. The van der Waals surface area contributed by atoms with E-state index >= 15 is 0 Å². The minimum atomic E-state index is 0.00748. The second-order valence-corrected chi connectivity index (χ2v) is 5.32. The van der Waals surface area contributed by atoms with Gasteiger partial charge in [0.1, 0.15) is 0 Å². The number of likely N-dealkylation sites (tertiary alicyclic amines) is 1. The summed E-state index contributed by atoms with van der Waals surface area (Å²) in [4.78, 5) is 14.2. The van der Waals surface area contributed by atoms with Crippen LogP contribution >= 0.6 is 15.9 Å². The molecule has 3 rings (SSSR count). The zero-order valence-corrected chi connectivity index (χ0v) is 10.4. The molecule has 2 unspecified atom stereocenters. The van der Waals surface area contributed by atoms with Gasteiger partial charge in [-0.2, -0.15) is 0 Å². The molecular formula is C11H13BrN2O2. The van der Waals surface area contributed by atoms with Gasteiger partial charge in [0.05, 0.1) is 10.7 Å². The summed E-state index contributed by atoms with van der Waals surface area (Å²) in [5, 5.41) is 3.36. The van der Waals surface area contributed by atoms with E-state index in [0.717, 1.165) is 30.5 Å². The molecule has 16 heavy (non-hydrogen) atoms. The third-order valence-corrected chi connectivity index (χ3v) is 4.01. The quantitative estimate of drug-likeness (QED) is 0.850. The van der Waals surface area contributed by atoms with Gasteiger partial charge in [-0.1, -0.05) is 0 Å².